The van der Waals surface area contributed by atoms with Crippen LogP contribution in [0, 0.1) is 0 Å². The van der Waals surface area contributed by atoms with E-state index in [1.165, 1.54) is 19.1 Å². The Morgan fingerprint density at radius 1 is 1.29 bits per heavy atom. The number of hydrogen-bond donors (Lipinski definition) is 1. The molecule has 1 amide bonds. The van der Waals surface area contributed by atoms with E-state index in [9.17, 15) is 26.4 Å². The number of sulfonamides is 1. The summed E-state index contributed by atoms with van der Waals surface area (Å²) in [5.74, 6) is -1.71. The Labute approximate surface area is 120 Å². The van der Waals surface area contributed by atoms with E-state index in [2.05, 4.69) is 0 Å². The number of amides is 1. The summed E-state index contributed by atoms with van der Waals surface area (Å²) in [5.41, 5.74) is 3.55. The van der Waals surface area contributed by atoms with Crippen LogP contribution in [-0.4, -0.2) is 31.7 Å². The summed E-state index contributed by atoms with van der Waals surface area (Å²) in [6.45, 7) is 0.850. The molecule has 0 aromatic heterocycles. The van der Waals surface area contributed by atoms with Gasteiger partial charge in [-0.25, -0.2) is 8.42 Å². The van der Waals surface area contributed by atoms with Gasteiger partial charge in [-0.2, -0.15) is 17.5 Å². The van der Waals surface area contributed by atoms with E-state index in [-0.39, 0.29) is 12.1 Å². The Balaban J connectivity index is 3.13. The number of primary amides is 1. The molecule has 1 aromatic rings. The average molecular weight is 324 g/mol. The van der Waals surface area contributed by atoms with E-state index < -0.39 is 40.0 Å². The van der Waals surface area contributed by atoms with Crippen LogP contribution in [0.1, 0.15) is 18.1 Å². The van der Waals surface area contributed by atoms with Gasteiger partial charge in [0.1, 0.15) is 0 Å². The molecule has 0 spiro atoms. The van der Waals surface area contributed by atoms with Gasteiger partial charge in [0, 0.05) is 6.54 Å². The van der Waals surface area contributed by atoms with Crippen LogP contribution in [0.4, 0.5) is 13.2 Å². The predicted molar refractivity (Wildman–Crippen MR) is 70.5 cm³/mol. The molecule has 0 radical (unpaired) electrons. The Bertz CT molecular complexity index is 614. The van der Waals surface area contributed by atoms with Gasteiger partial charge in [0.2, 0.25) is 15.9 Å². The first-order valence-corrected chi connectivity index (χ1v) is 7.60. The molecule has 0 fully saturated rings. The van der Waals surface area contributed by atoms with Gasteiger partial charge in [-0.3, -0.25) is 4.79 Å². The molecule has 0 aliphatic rings. The van der Waals surface area contributed by atoms with E-state index in [1.807, 2.05) is 0 Å². The summed E-state index contributed by atoms with van der Waals surface area (Å²) >= 11 is 0. The van der Waals surface area contributed by atoms with Crippen LogP contribution in [0.3, 0.4) is 0 Å². The van der Waals surface area contributed by atoms with Crippen LogP contribution in [0.15, 0.2) is 24.3 Å². The van der Waals surface area contributed by atoms with Crippen molar-refractivity contribution in [3.8, 4) is 0 Å². The molecule has 0 heterocycles. The van der Waals surface area contributed by atoms with Gasteiger partial charge in [-0.05, 0) is 11.6 Å². The van der Waals surface area contributed by atoms with Crippen molar-refractivity contribution >= 4 is 15.9 Å². The minimum Gasteiger partial charge on any atom is -0.369 e. The fourth-order valence-corrected chi connectivity index (χ4v) is 3.34. The summed E-state index contributed by atoms with van der Waals surface area (Å²) in [6, 6.07) is 4.41. The highest BCUT2D eigenvalue weighted by Gasteiger charge is 2.35. The number of carbonyl (C=O) groups is 1. The van der Waals surface area contributed by atoms with Crippen LogP contribution in [0.5, 0.6) is 0 Å². The number of likely N-dealkylation sites (N-methyl/N-ethyl adjacent to an activating group) is 1. The summed E-state index contributed by atoms with van der Waals surface area (Å²) in [7, 11) is -4.07. The van der Waals surface area contributed by atoms with Crippen molar-refractivity contribution in [3.63, 3.8) is 0 Å². The second-order valence-corrected chi connectivity index (χ2v) is 6.27. The van der Waals surface area contributed by atoms with Crippen molar-refractivity contribution in [2.75, 3.05) is 13.1 Å². The highest BCUT2D eigenvalue weighted by Crippen LogP contribution is 2.32. The molecule has 0 bridgehead atoms. The molecule has 118 valence electrons. The third-order valence-electron chi connectivity index (χ3n) is 2.74. The van der Waals surface area contributed by atoms with Gasteiger partial charge in [0.25, 0.3) is 0 Å². The van der Waals surface area contributed by atoms with Crippen molar-refractivity contribution in [1.29, 1.82) is 0 Å². The normalized spacial score (nSPS) is 12.6. The molecule has 0 saturated carbocycles. The standard InChI is InChI=1S/C12H15F3N2O3S/c1-2-17(7-11(16)18)21(19,20)8-9-5-3-4-6-10(9)12(13,14)15/h3-6H,2,7-8H2,1H3,(H2,16,18). The third kappa shape index (κ3) is 4.71. The van der Waals surface area contributed by atoms with Crippen molar-refractivity contribution in [3.05, 3.63) is 35.4 Å². The molecule has 2 N–H and O–H groups in total. The molecule has 1 aromatic carbocycles. The van der Waals surface area contributed by atoms with Crippen molar-refractivity contribution < 1.29 is 26.4 Å². The molecular weight excluding hydrogens is 309 g/mol. The number of alkyl halides is 3. The molecule has 0 atom stereocenters. The topological polar surface area (TPSA) is 80.5 Å². The SMILES string of the molecule is CCN(CC(N)=O)S(=O)(=O)Cc1ccccc1C(F)(F)F. The zero-order valence-electron chi connectivity index (χ0n) is 11.2. The zero-order chi connectivity index (χ0) is 16.3. The first-order valence-electron chi connectivity index (χ1n) is 5.99. The van der Waals surface area contributed by atoms with Gasteiger partial charge in [0.05, 0.1) is 17.9 Å². The molecule has 5 nitrogen and oxygen atoms in total. The first-order chi connectivity index (χ1) is 9.58. The summed E-state index contributed by atoms with van der Waals surface area (Å²) in [5, 5.41) is 0. The minimum atomic E-state index is -4.65. The van der Waals surface area contributed by atoms with Gasteiger partial charge in [-0.15, -0.1) is 0 Å². The molecule has 0 aliphatic carbocycles. The Morgan fingerprint density at radius 2 is 1.86 bits per heavy atom. The molecule has 9 heteroatoms. The van der Waals surface area contributed by atoms with Crippen molar-refractivity contribution in [2.24, 2.45) is 5.73 Å². The molecule has 1 rings (SSSR count). The zero-order valence-corrected chi connectivity index (χ0v) is 12.0. The number of nitrogens with two attached hydrogens (primary N) is 1. The van der Waals surface area contributed by atoms with Crippen LogP contribution < -0.4 is 5.73 Å². The summed E-state index contributed by atoms with van der Waals surface area (Å²) < 4.78 is 63.4. The van der Waals surface area contributed by atoms with Crippen LogP contribution in [-0.2, 0) is 26.7 Å². The van der Waals surface area contributed by atoms with Gasteiger partial charge >= 0.3 is 6.18 Å². The Morgan fingerprint density at radius 3 is 2.33 bits per heavy atom. The lowest BCUT2D eigenvalue weighted by atomic mass is 10.1. The average Bonchev–Trinajstić information content (AvgIpc) is 2.34. The van der Waals surface area contributed by atoms with Gasteiger partial charge in [-0.1, -0.05) is 25.1 Å². The number of benzene rings is 1. The minimum absolute atomic E-state index is 0.0561. The lowest BCUT2D eigenvalue weighted by Crippen LogP contribution is -2.39. The highest BCUT2D eigenvalue weighted by molar-refractivity contribution is 7.88. The molecule has 0 saturated heterocycles. The van der Waals surface area contributed by atoms with E-state index in [0.29, 0.717) is 0 Å². The second kappa shape index (κ2) is 6.44. The molecule has 21 heavy (non-hydrogen) atoms. The van der Waals surface area contributed by atoms with Crippen LogP contribution in [0.2, 0.25) is 0 Å². The number of hydrogen-bond acceptors (Lipinski definition) is 3. The lowest BCUT2D eigenvalue weighted by molar-refractivity contribution is -0.138. The van der Waals surface area contributed by atoms with E-state index in [4.69, 9.17) is 5.73 Å². The molecule has 0 aliphatic heterocycles. The van der Waals surface area contributed by atoms with E-state index in [1.54, 1.807) is 0 Å². The Kier molecular flexibility index (Phi) is 5.35. The monoisotopic (exact) mass is 324 g/mol. The lowest BCUT2D eigenvalue weighted by Gasteiger charge is -2.20. The van der Waals surface area contributed by atoms with Gasteiger partial charge in [0.15, 0.2) is 0 Å². The second-order valence-electron chi connectivity index (χ2n) is 4.30. The van der Waals surface area contributed by atoms with Crippen LogP contribution in [0.25, 0.3) is 0 Å². The van der Waals surface area contributed by atoms with E-state index in [0.717, 1.165) is 16.4 Å². The van der Waals surface area contributed by atoms with E-state index >= 15 is 0 Å². The Hall–Kier alpha value is -1.61. The van der Waals surface area contributed by atoms with Crippen LogP contribution >= 0.6 is 0 Å². The summed E-state index contributed by atoms with van der Waals surface area (Å²) in [6.07, 6.45) is -4.65. The predicted octanol–water partition coefficient (Wildman–Crippen LogP) is 1.34. The summed E-state index contributed by atoms with van der Waals surface area (Å²) in [4.78, 5) is 10.8. The number of carbonyl (C=O) groups excluding carboxylic acids is 1. The third-order valence-corrected chi connectivity index (χ3v) is 4.59. The molecule has 0 unspecified atom stereocenters. The van der Waals surface area contributed by atoms with Crippen molar-refractivity contribution in [1.82, 2.24) is 4.31 Å². The maximum absolute atomic E-state index is 12.8. The largest absolute Gasteiger partial charge is 0.416 e. The maximum Gasteiger partial charge on any atom is 0.416 e. The highest BCUT2D eigenvalue weighted by atomic mass is 32.2. The quantitative estimate of drug-likeness (QED) is 0.857. The number of nitrogens with zero attached hydrogens (tertiary/aromatic N) is 1. The maximum atomic E-state index is 12.8. The number of rotatable bonds is 6. The first kappa shape index (κ1) is 17.4. The fraction of sp³-hybridized carbons (Fsp3) is 0.417. The van der Waals surface area contributed by atoms with Gasteiger partial charge < -0.3 is 5.73 Å². The number of halogens is 3. The van der Waals surface area contributed by atoms with Crippen molar-refractivity contribution in [2.45, 2.75) is 18.9 Å². The fourth-order valence-electron chi connectivity index (χ4n) is 1.79. The smallest absolute Gasteiger partial charge is 0.369 e. The molecular formula is C12H15F3N2O3S.